The summed E-state index contributed by atoms with van der Waals surface area (Å²) in [6.45, 7) is 19.9. The van der Waals surface area contributed by atoms with Crippen molar-refractivity contribution in [3.63, 3.8) is 0 Å². The number of fused-ring (bicyclic) bond motifs is 1. The van der Waals surface area contributed by atoms with Gasteiger partial charge in [-0.05, 0) is 77.2 Å². The van der Waals surface area contributed by atoms with Crippen LogP contribution < -0.4 is 15.8 Å². The molecule has 2 aliphatic rings. The van der Waals surface area contributed by atoms with E-state index in [2.05, 4.69) is 54.2 Å². The SMILES string of the molecule is CCC(CC(C)=CC(=O)OC(C)(C)C)CN1C=c2c(C)c(C(=O)NCCN3CCOCC3)ccc2=CCC1C. The Labute approximate surface area is 234 Å². The Morgan fingerprint density at radius 2 is 1.95 bits per heavy atom. The van der Waals surface area contributed by atoms with Crippen LogP contribution in [0.1, 0.15) is 76.7 Å². The molecule has 1 amide bonds. The van der Waals surface area contributed by atoms with E-state index in [0.717, 1.165) is 80.6 Å². The zero-order chi connectivity index (χ0) is 28.6. The molecule has 7 nitrogen and oxygen atoms in total. The number of nitrogens with one attached hydrogen (secondary N) is 1. The minimum Gasteiger partial charge on any atom is -0.457 e. The molecule has 0 spiro atoms. The summed E-state index contributed by atoms with van der Waals surface area (Å²) in [5.41, 5.74) is 2.30. The van der Waals surface area contributed by atoms with E-state index in [9.17, 15) is 9.59 Å². The van der Waals surface area contributed by atoms with Crippen molar-refractivity contribution in [3.8, 4) is 0 Å². The Bertz CT molecular complexity index is 1150. The molecule has 0 aliphatic carbocycles. The molecule has 216 valence electrons. The monoisotopic (exact) mass is 539 g/mol. The van der Waals surface area contributed by atoms with Crippen LogP contribution in [0.4, 0.5) is 0 Å². The predicted molar refractivity (Wildman–Crippen MR) is 158 cm³/mol. The van der Waals surface area contributed by atoms with Crippen molar-refractivity contribution in [2.24, 2.45) is 5.92 Å². The molecular formula is C32H49N3O4. The minimum absolute atomic E-state index is 0.0184. The molecule has 1 aromatic rings. The van der Waals surface area contributed by atoms with Gasteiger partial charge in [-0.15, -0.1) is 0 Å². The number of carbonyl (C=O) groups excluding carboxylic acids is 2. The maximum atomic E-state index is 13.1. The number of benzene rings is 1. The normalized spacial score (nSPS) is 19.3. The summed E-state index contributed by atoms with van der Waals surface area (Å²) in [6, 6.07) is 4.38. The first-order valence-electron chi connectivity index (χ1n) is 14.5. The molecule has 2 aliphatic heterocycles. The fraction of sp³-hybridized carbons (Fsp3) is 0.625. The van der Waals surface area contributed by atoms with Gasteiger partial charge in [0.1, 0.15) is 5.60 Å². The molecule has 2 heterocycles. The predicted octanol–water partition coefficient (Wildman–Crippen LogP) is 3.37. The number of nitrogens with zero attached hydrogens (tertiary/aromatic N) is 2. The van der Waals surface area contributed by atoms with Crippen LogP contribution in [0.15, 0.2) is 23.8 Å². The van der Waals surface area contributed by atoms with Crippen LogP contribution in [0, 0.1) is 12.8 Å². The van der Waals surface area contributed by atoms with Gasteiger partial charge in [-0.2, -0.15) is 0 Å². The second-order valence-electron chi connectivity index (χ2n) is 12.1. The van der Waals surface area contributed by atoms with Crippen molar-refractivity contribution in [1.29, 1.82) is 0 Å². The molecule has 7 heteroatoms. The average molecular weight is 540 g/mol. The fourth-order valence-corrected chi connectivity index (χ4v) is 5.23. The molecule has 1 fully saturated rings. The third-order valence-electron chi connectivity index (χ3n) is 7.58. The highest BCUT2D eigenvalue weighted by Gasteiger charge is 2.20. The van der Waals surface area contributed by atoms with Gasteiger partial charge in [0.05, 0.1) is 13.2 Å². The van der Waals surface area contributed by atoms with Gasteiger partial charge in [-0.1, -0.05) is 31.1 Å². The van der Waals surface area contributed by atoms with Crippen molar-refractivity contribution in [2.45, 2.75) is 79.4 Å². The Balaban J connectivity index is 1.72. The highest BCUT2D eigenvalue weighted by atomic mass is 16.6. The number of allylic oxidation sites excluding steroid dienone is 1. The first kappa shape index (κ1) is 30.9. The number of hydrogen-bond acceptors (Lipinski definition) is 6. The molecule has 0 bridgehead atoms. The Morgan fingerprint density at radius 1 is 1.23 bits per heavy atom. The molecule has 1 aromatic carbocycles. The second-order valence-corrected chi connectivity index (χ2v) is 12.1. The standard InChI is InChI=1S/C32H49N3O4/c1-8-26(19-23(2)20-30(36)39-32(5,6)7)21-35-22-29-25(4)28(12-11-27(29)10-9-24(35)3)31(37)33-13-14-34-15-17-38-18-16-34/h10-12,20,22,24,26H,8-9,13-19,21H2,1-7H3,(H,33,37). The van der Waals surface area contributed by atoms with Crippen molar-refractivity contribution >= 4 is 24.2 Å². The van der Waals surface area contributed by atoms with Crippen LogP contribution in [0.2, 0.25) is 0 Å². The van der Waals surface area contributed by atoms with Crippen LogP contribution in [0.5, 0.6) is 0 Å². The Morgan fingerprint density at radius 3 is 2.62 bits per heavy atom. The highest BCUT2D eigenvalue weighted by molar-refractivity contribution is 5.95. The molecule has 3 rings (SSSR count). The lowest BCUT2D eigenvalue weighted by Gasteiger charge is -2.31. The van der Waals surface area contributed by atoms with E-state index in [0.29, 0.717) is 18.5 Å². The van der Waals surface area contributed by atoms with Gasteiger partial charge in [-0.25, -0.2) is 4.79 Å². The molecule has 0 radical (unpaired) electrons. The molecule has 0 aromatic heterocycles. The largest absolute Gasteiger partial charge is 0.457 e. The summed E-state index contributed by atoms with van der Waals surface area (Å²) < 4.78 is 10.9. The van der Waals surface area contributed by atoms with Crippen molar-refractivity contribution < 1.29 is 19.1 Å². The number of rotatable bonds is 10. The number of ether oxygens (including phenoxy) is 2. The van der Waals surface area contributed by atoms with Crippen LogP contribution in [-0.2, 0) is 14.3 Å². The molecule has 39 heavy (non-hydrogen) atoms. The van der Waals surface area contributed by atoms with Gasteiger partial charge in [0.25, 0.3) is 5.91 Å². The van der Waals surface area contributed by atoms with E-state index < -0.39 is 5.60 Å². The zero-order valence-corrected chi connectivity index (χ0v) is 25.1. The fourth-order valence-electron chi connectivity index (χ4n) is 5.23. The van der Waals surface area contributed by atoms with E-state index in [-0.39, 0.29) is 11.9 Å². The lowest BCUT2D eigenvalue weighted by Crippen LogP contribution is -2.42. The molecule has 1 N–H and O–H groups in total. The van der Waals surface area contributed by atoms with Crippen molar-refractivity contribution in [3.05, 3.63) is 45.3 Å². The van der Waals surface area contributed by atoms with Crippen LogP contribution in [0.3, 0.4) is 0 Å². The number of morpholine rings is 1. The van der Waals surface area contributed by atoms with Gasteiger partial charge in [-0.3, -0.25) is 9.69 Å². The van der Waals surface area contributed by atoms with Crippen molar-refractivity contribution in [1.82, 2.24) is 15.1 Å². The summed E-state index contributed by atoms with van der Waals surface area (Å²) in [5.74, 6) is 0.102. The third kappa shape index (κ3) is 9.50. The molecule has 2 unspecified atom stereocenters. The molecule has 1 saturated heterocycles. The van der Waals surface area contributed by atoms with Crippen LogP contribution in [-0.4, -0.2) is 79.3 Å². The summed E-state index contributed by atoms with van der Waals surface area (Å²) in [4.78, 5) is 30.1. The maximum absolute atomic E-state index is 13.1. The smallest absolute Gasteiger partial charge is 0.331 e. The van der Waals surface area contributed by atoms with Crippen LogP contribution >= 0.6 is 0 Å². The molecule has 2 atom stereocenters. The summed E-state index contributed by atoms with van der Waals surface area (Å²) in [6.07, 6.45) is 8.97. The first-order chi connectivity index (χ1) is 18.5. The van der Waals surface area contributed by atoms with Gasteiger partial charge < -0.3 is 19.7 Å². The Kier molecular flexibility index (Phi) is 11.2. The first-order valence-corrected chi connectivity index (χ1v) is 14.5. The average Bonchev–Trinajstić information content (AvgIpc) is 3.02. The van der Waals surface area contributed by atoms with Gasteiger partial charge in [0.15, 0.2) is 0 Å². The lowest BCUT2D eigenvalue weighted by molar-refractivity contribution is -0.148. The molecule has 0 saturated carbocycles. The van der Waals surface area contributed by atoms with Gasteiger partial charge in [0.2, 0.25) is 0 Å². The second kappa shape index (κ2) is 14.1. The third-order valence-corrected chi connectivity index (χ3v) is 7.58. The minimum atomic E-state index is -0.491. The van der Waals surface area contributed by atoms with Gasteiger partial charge >= 0.3 is 5.97 Å². The summed E-state index contributed by atoms with van der Waals surface area (Å²) >= 11 is 0. The zero-order valence-electron chi connectivity index (χ0n) is 25.1. The van der Waals surface area contributed by atoms with Crippen molar-refractivity contribution in [2.75, 3.05) is 45.9 Å². The lowest BCUT2D eigenvalue weighted by atomic mass is 9.96. The number of amides is 1. The quantitative estimate of drug-likeness (QED) is 0.363. The van der Waals surface area contributed by atoms with E-state index in [1.54, 1.807) is 6.08 Å². The highest BCUT2D eigenvalue weighted by Crippen LogP contribution is 2.20. The van der Waals surface area contributed by atoms with E-state index in [1.807, 2.05) is 33.8 Å². The summed E-state index contributed by atoms with van der Waals surface area (Å²) in [5, 5.41) is 5.42. The van der Waals surface area contributed by atoms with Gasteiger partial charge in [0, 0.05) is 61.8 Å². The summed E-state index contributed by atoms with van der Waals surface area (Å²) in [7, 11) is 0. The maximum Gasteiger partial charge on any atom is 0.331 e. The Hall–Kier alpha value is -2.64. The van der Waals surface area contributed by atoms with E-state index >= 15 is 0 Å². The topological polar surface area (TPSA) is 71.1 Å². The van der Waals surface area contributed by atoms with E-state index in [4.69, 9.17) is 9.47 Å². The number of carbonyl (C=O) groups is 2. The van der Waals surface area contributed by atoms with E-state index in [1.165, 1.54) is 5.22 Å². The van der Waals surface area contributed by atoms with Crippen LogP contribution in [0.25, 0.3) is 12.3 Å². The molecular weight excluding hydrogens is 490 g/mol. The number of hydrogen-bond donors (Lipinski definition) is 1. The number of esters is 1.